The zero-order chi connectivity index (χ0) is 18.4. The maximum atomic E-state index is 13.0. The van der Waals surface area contributed by atoms with Crippen LogP contribution in [0.4, 0.5) is 4.79 Å². The van der Waals surface area contributed by atoms with Gasteiger partial charge in [0.15, 0.2) is 0 Å². The molecule has 1 aliphatic heterocycles. The number of imide groups is 1. The minimum atomic E-state index is -1.10. The number of aromatic nitrogens is 2. The van der Waals surface area contributed by atoms with E-state index < -0.39 is 11.6 Å². The molecule has 7 nitrogen and oxygen atoms in total. The zero-order valence-electron chi connectivity index (χ0n) is 15.1. The third kappa shape index (κ3) is 2.90. The molecule has 1 unspecified atom stereocenters. The molecule has 0 bridgehead atoms. The van der Waals surface area contributed by atoms with E-state index in [0.29, 0.717) is 5.89 Å². The Kier molecular flexibility index (Phi) is 4.10. The Balaban J connectivity index is 1.88. The summed E-state index contributed by atoms with van der Waals surface area (Å²) in [4.78, 5) is 26.5. The number of carbonyl (C=O) groups excluding carboxylic acids is 2. The fraction of sp³-hybridized carbons (Fsp3) is 0.444. The molecule has 2 heterocycles. The maximum absolute atomic E-state index is 13.0. The lowest BCUT2D eigenvalue weighted by Crippen LogP contribution is -2.41. The molecular weight excluding hydrogens is 320 g/mol. The molecule has 25 heavy (non-hydrogen) atoms. The van der Waals surface area contributed by atoms with Crippen molar-refractivity contribution in [2.75, 3.05) is 0 Å². The Hall–Kier alpha value is -2.70. The molecule has 2 aromatic rings. The third-order valence-corrected chi connectivity index (χ3v) is 4.47. The maximum Gasteiger partial charge on any atom is 0.325 e. The first-order valence-corrected chi connectivity index (χ1v) is 8.26. The third-order valence-electron chi connectivity index (χ3n) is 4.47. The number of rotatable bonds is 4. The van der Waals surface area contributed by atoms with Crippen molar-refractivity contribution in [3.63, 3.8) is 0 Å². The number of nitrogens with zero attached hydrogens (tertiary/aromatic N) is 3. The van der Waals surface area contributed by atoms with Gasteiger partial charge in [-0.3, -0.25) is 9.69 Å². The number of carbonyl (C=O) groups is 2. The van der Waals surface area contributed by atoms with Gasteiger partial charge in [-0.25, -0.2) is 4.79 Å². The highest BCUT2D eigenvalue weighted by atomic mass is 16.4. The Bertz CT molecular complexity index is 843. The second kappa shape index (κ2) is 5.98. The van der Waals surface area contributed by atoms with Gasteiger partial charge in [0, 0.05) is 5.92 Å². The van der Waals surface area contributed by atoms with Crippen LogP contribution in [0.1, 0.15) is 55.2 Å². The quantitative estimate of drug-likeness (QED) is 0.863. The molecule has 1 aromatic carbocycles. The number of hydrogen-bond acceptors (Lipinski definition) is 5. The first-order chi connectivity index (χ1) is 11.7. The lowest BCUT2D eigenvalue weighted by molar-refractivity contribution is -0.131. The van der Waals surface area contributed by atoms with Crippen LogP contribution in [0.25, 0.3) is 0 Å². The van der Waals surface area contributed by atoms with Gasteiger partial charge in [0.2, 0.25) is 11.8 Å². The number of amides is 3. The van der Waals surface area contributed by atoms with Crippen molar-refractivity contribution in [2.24, 2.45) is 0 Å². The van der Waals surface area contributed by atoms with Crippen LogP contribution in [-0.2, 0) is 16.9 Å². The topological polar surface area (TPSA) is 88.3 Å². The summed E-state index contributed by atoms with van der Waals surface area (Å²) in [6.45, 7) is 9.47. The molecule has 7 heteroatoms. The largest absolute Gasteiger partial charge is 0.423 e. The Labute approximate surface area is 146 Å². The molecule has 1 aromatic heterocycles. The Morgan fingerprint density at radius 1 is 1.24 bits per heavy atom. The van der Waals surface area contributed by atoms with Crippen molar-refractivity contribution in [3.8, 4) is 0 Å². The van der Waals surface area contributed by atoms with Crippen LogP contribution < -0.4 is 5.32 Å². The molecule has 1 atom stereocenters. The van der Waals surface area contributed by atoms with Gasteiger partial charge in [0.25, 0.3) is 5.91 Å². The minimum Gasteiger partial charge on any atom is -0.423 e. The van der Waals surface area contributed by atoms with Gasteiger partial charge in [0.1, 0.15) is 12.1 Å². The van der Waals surface area contributed by atoms with Gasteiger partial charge in [-0.2, -0.15) is 0 Å². The first-order valence-electron chi connectivity index (χ1n) is 8.26. The van der Waals surface area contributed by atoms with Gasteiger partial charge in [0.05, 0.1) is 0 Å². The average Bonchev–Trinajstić information content (AvgIpc) is 3.07. The van der Waals surface area contributed by atoms with Crippen LogP contribution in [0, 0.1) is 13.8 Å². The number of aryl methyl sites for hydroxylation is 2. The van der Waals surface area contributed by atoms with Gasteiger partial charge in [-0.1, -0.05) is 37.6 Å². The monoisotopic (exact) mass is 342 g/mol. The van der Waals surface area contributed by atoms with Crippen molar-refractivity contribution < 1.29 is 14.0 Å². The summed E-state index contributed by atoms with van der Waals surface area (Å²) in [6.07, 6.45) is 0. The van der Waals surface area contributed by atoms with E-state index >= 15 is 0 Å². The van der Waals surface area contributed by atoms with Crippen LogP contribution in [0.5, 0.6) is 0 Å². The number of nitrogens with one attached hydrogen (secondary N) is 1. The number of benzene rings is 1. The van der Waals surface area contributed by atoms with Crippen molar-refractivity contribution in [3.05, 3.63) is 46.7 Å². The minimum absolute atomic E-state index is 0.0368. The molecule has 3 rings (SSSR count). The molecule has 0 radical (unpaired) electrons. The van der Waals surface area contributed by atoms with E-state index in [1.165, 1.54) is 0 Å². The van der Waals surface area contributed by atoms with Crippen LogP contribution in [0.15, 0.2) is 22.6 Å². The summed E-state index contributed by atoms with van der Waals surface area (Å²) in [7, 11) is 0. The fourth-order valence-corrected chi connectivity index (χ4v) is 3.10. The highest BCUT2D eigenvalue weighted by Gasteiger charge is 2.50. The van der Waals surface area contributed by atoms with Gasteiger partial charge < -0.3 is 9.73 Å². The van der Waals surface area contributed by atoms with Gasteiger partial charge >= 0.3 is 6.03 Å². The second-order valence-corrected chi connectivity index (χ2v) is 6.95. The van der Waals surface area contributed by atoms with Crippen molar-refractivity contribution in [1.82, 2.24) is 20.4 Å². The highest BCUT2D eigenvalue weighted by Crippen LogP contribution is 2.32. The van der Waals surface area contributed by atoms with E-state index in [-0.39, 0.29) is 24.3 Å². The SMILES string of the molecule is Cc1ccc(C2(C)NC(=O)N(Cc3nnc(C(C)C)o3)C2=O)c(C)c1. The van der Waals surface area contributed by atoms with Gasteiger partial charge in [-0.15, -0.1) is 10.2 Å². The standard InChI is InChI=1S/C18H22N4O3/c1-10(2)15-21-20-14(25-15)9-22-16(23)18(5,19-17(22)24)13-7-6-11(3)8-12(13)4/h6-8,10H,9H2,1-5H3,(H,19,24). The Morgan fingerprint density at radius 3 is 2.56 bits per heavy atom. The molecule has 0 aliphatic carbocycles. The van der Waals surface area contributed by atoms with Crippen LogP contribution >= 0.6 is 0 Å². The second-order valence-electron chi connectivity index (χ2n) is 6.95. The number of hydrogen-bond donors (Lipinski definition) is 1. The van der Waals surface area contributed by atoms with Crippen molar-refractivity contribution in [1.29, 1.82) is 0 Å². The highest BCUT2D eigenvalue weighted by molar-refractivity contribution is 6.07. The Morgan fingerprint density at radius 2 is 1.96 bits per heavy atom. The molecule has 1 saturated heterocycles. The molecule has 1 aliphatic rings. The first kappa shape index (κ1) is 17.1. The molecule has 0 saturated carbocycles. The molecule has 0 spiro atoms. The van der Waals surface area contributed by atoms with E-state index in [1.54, 1.807) is 6.92 Å². The predicted molar refractivity (Wildman–Crippen MR) is 90.7 cm³/mol. The normalized spacial score (nSPS) is 20.5. The van der Waals surface area contributed by atoms with Crippen LogP contribution in [0.2, 0.25) is 0 Å². The van der Waals surface area contributed by atoms with E-state index in [4.69, 9.17) is 4.42 Å². The summed E-state index contributed by atoms with van der Waals surface area (Å²) in [5.74, 6) is 0.495. The van der Waals surface area contributed by atoms with Crippen LogP contribution in [0.3, 0.4) is 0 Å². The van der Waals surface area contributed by atoms with E-state index in [2.05, 4.69) is 15.5 Å². The zero-order valence-corrected chi connectivity index (χ0v) is 15.1. The lowest BCUT2D eigenvalue weighted by Gasteiger charge is -2.24. The fourth-order valence-electron chi connectivity index (χ4n) is 3.10. The van der Waals surface area contributed by atoms with Crippen molar-refractivity contribution in [2.45, 2.75) is 52.6 Å². The summed E-state index contributed by atoms with van der Waals surface area (Å²) < 4.78 is 5.52. The molecule has 1 fully saturated rings. The molecule has 3 amide bonds. The van der Waals surface area contributed by atoms with Crippen molar-refractivity contribution >= 4 is 11.9 Å². The number of urea groups is 1. The smallest absolute Gasteiger partial charge is 0.325 e. The summed E-state index contributed by atoms with van der Waals surface area (Å²) in [5.41, 5.74) is 1.74. The van der Waals surface area contributed by atoms with E-state index in [9.17, 15) is 9.59 Å². The predicted octanol–water partition coefficient (Wildman–Crippen LogP) is 2.78. The summed E-state index contributed by atoms with van der Waals surface area (Å²) in [5, 5.41) is 10.7. The lowest BCUT2D eigenvalue weighted by atomic mass is 9.88. The molecule has 1 N–H and O–H groups in total. The molecule has 132 valence electrons. The van der Waals surface area contributed by atoms with E-state index in [1.807, 2.05) is 45.9 Å². The molecular formula is C18H22N4O3. The van der Waals surface area contributed by atoms with Crippen LogP contribution in [-0.4, -0.2) is 27.0 Å². The van der Waals surface area contributed by atoms with E-state index in [0.717, 1.165) is 21.6 Å². The van der Waals surface area contributed by atoms with Gasteiger partial charge in [-0.05, 0) is 31.9 Å². The summed E-state index contributed by atoms with van der Waals surface area (Å²) in [6, 6.07) is 5.35. The summed E-state index contributed by atoms with van der Waals surface area (Å²) >= 11 is 0. The average molecular weight is 342 g/mol.